The zero-order valence-corrected chi connectivity index (χ0v) is 21.6. The van der Waals surface area contributed by atoms with Gasteiger partial charge in [0.15, 0.2) is 18.1 Å². The summed E-state index contributed by atoms with van der Waals surface area (Å²) in [5, 5.41) is 4.89. The van der Waals surface area contributed by atoms with Crippen molar-refractivity contribution in [3.05, 3.63) is 61.0 Å². The Morgan fingerprint density at radius 3 is 2.55 bits per heavy atom. The highest BCUT2D eigenvalue weighted by atomic mass is 79.9. The summed E-state index contributed by atoms with van der Waals surface area (Å²) in [5.74, 6) is 0.901. The van der Waals surface area contributed by atoms with E-state index in [1.54, 1.807) is 37.4 Å². The molecule has 1 heterocycles. The van der Waals surface area contributed by atoms with Crippen molar-refractivity contribution in [1.82, 2.24) is 9.66 Å². The fourth-order valence-electron chi connectivity index (χ4n) is 3.03. The summed E-state index contributed by atoms with van der Waals surface area (Å²) in [4.78, 5) is 29.3. The molecule has 0 radical (unpaired) electrons. The van der Waals surface area contributed by atoms with Gasteiger partial charge in [-0.1, -0.05) is 22.9 Å². The van der Waals surface area contributed by atoms with Crippen LogP contribution in [0.5, 0.6) is 11.5 Å². The van der Waals surface area contributed by atoms with Gasteiger partial charge in [-0.05, 0) is 60.1 Å². The van der Waals surface area contributed by atoms with Crippen molar-refractivity contribution in [2.75, 3.05) is 19.8 Å². The highest BCUT2D eigenvalue weighted by Gasteiger charge is 2.14. The van der Waals surface area contributed by atoms with Crippen LogP contribution in [-0.2, 0) is 16.0 Å². The van der Waals surface area contributed by atoms with Gasteiger partial charge < -0.3 is 14.2 Å². The third-order valence-electron chi connectivity index (χ3n) is 4.52. The van der Waals surface area contributed by atoms with Crippen molar-refractivity contribution in [3.8, 4) is 11.5 Å². The Bertz CT molecular complexity index is 1260. The number of halogens is 2. The first-order valence-corrected chi connectivity index (χ1v) is 12.0. The lowest BCUT2D eigenvalue weighted by Gasteiger charge is -2.13. The molecule has 0 bridgehead atoms. The van der Waals surface area contributed by atoms with Gasteiger partial charge in [0.1, 0.15) is 5.82 Å². The first kappa shape index (κ1) is 24.9. The lowest BCUT2D eigenvalue weighted by atomic mass is 10.2. The molecular formula is C23H23Br2N3O5. The van der Waals surface area contributed by atoms with Crippen molar-refractivity contribution in [2.24, 2.45) is 5.10 Å². The van der Waals surface area contributed by atoms with Gasteiger partial charge in [0.05, 0.1) is 30.3 Å². The van der Waals surface area contributed by atoms with E-state index in [0.29, 0.717) is 51.3 Å². The largest absolute Gasteiger partial charge is 0.490 e. The number of hydrogen-bond acceptors (Lipinski definition) is 7. The number of benzene rings is 2. The molecule has 10 heteroatoms. The number of ether oxygens (including phenoxy) is 3. The average molecular weight is 581 g/mol. The van der Waals surface area contributed by atoms with E-state index in [0.717, 1.165) is 4.47 Å². The maximum atomic E-state index is 13.1. The second-order valence-electron chi connectivity index (χ2n) is 6.75. The average Bonchev–Trinajstić information content (AvgIpc) is 2.79. The van der Waals surface area contributed by atoms with E-state index in [1.165, 1.54) is 4.68 Å². The van der Waals surface area contributed by atoms with E-state index < -0.39 is 5.97 Å². The number of aromatic nitrogens is 2. The van der Waals surface area contributed by atoms with E-state index in [1.807, 2.05) is 19.9 Å². The van der Waals surface area contributed by atoms with Crippen LogP contribution in [0.25, 0.3) is 10.9 Å². The van der Waals surface area contributed by atoms with Gasteiger partial charge >= 0.3 is 5.97 Å². The summed E-state index contributed by atoms with van der Waals surface area (Å²) >= 11 is 6.89. The summed E-state index contributed by atoms with van der Waals surface area (Å²) in [6.07, 6.45) is 2.08. The van der Waals surface area contributed by atoms with Crippen LogP contribution in [-0.4, -0.2) is 41.7 Å². The van der Waals surface area contributed by atoms with Gasteiger partial charge in [0.25, 0.3) is 5.56 Å². The Hall–Kier alpha value is -2.72. The van der Waals surface area contributed by atoms with Gasteiger partial charge in [-0.25, -0.2) is 9.78 Å². The molecule has 2 aromatic carbocycles. The standard InChI is InChI=1S/C23H23Br2N3O5/c1-4-21-27-18-8-7-15(24)10-16(18)23(30)28(21)26-12-14-9-19(31-5-2)20(11-17(14)25)33-13-22(29)32-6-3/h7-12H,4-6,13H2,1-3H3. The smallest absolute Gasteiger partial charge is 0.344 e. The molecule has 0 aliphatic carbocycles. The molecule has 3 rings (SSSR count). The quantitative estimate of drug-likeness (QED) is 0.269. The Balaban J connectivity index is 1.99. The highest BCUT2D eigenvalue weighted by molar-refractivity contribution is 9.10. The minimum atomic E-state index is -0.469. The normalized spacial score (nSPS) is 11.2. The molecule has 0 fully saturated rings. The first-order chi connectivity index (χ1) is 15.9. The van der Waals surface area contributed by atoms with Gasteiger partial charge in [-0.3, -0.25) is 4.79 Å². The van der Waals surface area contributed by atoms with Crippen LogP contribution in [0, 0.1) is 0 Å². The van der Waals surface area contributed by atoms with Gasteiger partial charge in [-0.2, -0.15) is 9.78 Å². The first-order valence-electron chi connectivity index (χ1n) is 10.4. The van der Waals surface area contributed by atoms with E-state index in [-0.39, 0.29) is 18.8 Å². The Kier molecular flexibility index (Phi) is 8.62. The van der Waals surface area contributed by atoms with E-state index >= 15 is 0 Å². The molecule has 0 amide bonds. The van der Waals surface area contributed by atoms with E-state index in [9.17, 15) is 9.59 Å². The number of carbonyl (C=O) groups is 1. The van der Waals surface area contributed by atoms with Crippen LogP contribution in [0.3, 0.4) is 0 Å². The molecule has 0 unspecified atom stereocenters. The molecule has 174 valence electrons. The number of carbonyl (C=O) groups excluding carboxylic acids is 1. The molecular weight excluding hydrogens is 558 g/mol. The molecule has 0 spiro atoms. The van der Waals surface area contributed by atoms with Gasteiger partial charge in [0, 0.05) is 20.9 Å². The zero-order valence-electron chi connectivity index (χ0n) is 18.4. The van der Waals surface area contributed by atoms with Crippen LogP contribution < -0.4 is 15.0 Å². The summed E-state index contributed by atoms with van der Waals surface area (Å²) < 4.78 is 18.9. The predicted molar refractivity (Wildman–Crippen MR) is 134 cm³/mol. The monoisotopic (exact) mass is 579 g/mol. The Morgan fingerprint density at radius 2 is 1.85 bits per heavy atom. The highest BCUT2D eigenvalue weighted by Crippen LogP contribution is 2.33. The fourth-order valence-corrected chi connectivity index (χ4v) is 3.82. The maximum absolute atomic E-state index is 13.1. The minimum absolute atomic E-state index is 0.235. The molecule has 3 aromatic rings. The number of aryl methyl sites for hydroxylation is 1. The topological polar surface area (TPSA) is 92.0 Å². The molecule has 1 aromatic heterocycles. The third-order valence-corrected chi connectivity index (χ3v) is 5.70. The zero-order chi connectivity index (χ0) is 24.0. The summed E-state index contributed by atoms with van der Waals surface area (Å²) in [7, 11) is 0. The van der Waals surface area contributed by atoms with Crippen LogP contribution in [0.1, 0.15) is 32.2 Å². The van der Waals surface area contributed by atoms with Crippen molar-refractivity contribution in [3.63, 3.8) is 0 Å². The van der Waals surface area contributed by atoms with E-state index in [2.05, 4.69) is 41.9 Å². The summed E-state index contributed by atoms with van der Waals surface area (Å²) in [6.45, 7) is 5.93. The molecule has 0 saturated heterocycles. The number of esters is 1. The van der Waals surface area contributed by atoms with E-state index in [4.69, 9.17) is 14.2 Å². The van der Waals surface area contributed by atoms with Gasteiger partial charge in [-0.15, -0.1) is 0 Å². The second-order valence-corrected chi connectivity index (χ2v) is 8.52. The molecule has 0 saturated carbocycles. The fraction of sp³-hybridized carbons (Fsp3) is 0.304. The van der Waals surface area contributed by atoms with Crippen LogP contribution in [0.4, 0.5) is 0 Å². The van der Waals surface area contributed by atoms with Crippen molar-refractivity contribution in [2.45, 2.75) is 27.2 Å². The number of fused-ring (bicyclic) bond motifs is 1. The molecule has 0 aliphatic heterocycles. The van der Waals surface area contributed by atoms with Crippen molar-refractivity contribution >= 4 is 54.9 Å². The second kappa shape index (κ2) is 11.4. The van der Waals surface area contributed by atoms with Crippen molar-refractivity contribution < 1.29 is 19.0 Å². The predicted octanol–water partition coefficient (Wildman–Crippen LogP) is 4.71. The van der Waals surface area contributed by atoms with Crippen LogP contribution >= 0.6 is 31.9 Å². The molecule has 33 heavy (non-hydrogen) atoms. The molecule has 0 atom stereocenters. The summed E-state index contributed by atoms with van der Waals surface area (Å²) in [6, 6.07) is 8.78. The molecule has 8 nitrogen and oxygen atoms in total. The molecule has 0 N–H and O–H groups in total. The Labute approximate surface area is 207 Å². The lowest BCUT2D eigenvalue weighted by Crippen LogP contribution is -2.22. The number of nitrogens with zero attached hydrogens (tertiary/aromatic N) is 3. The number of rotatable bonds is 9. The van der Waals surface area contributed by atoms with Crippen LogP contribution in [0.2, 0.25) is 0 Å². The molecule has 0 aliphatic rings. The maximum Gasteiger partial charge on any atom is 0.344 e. The number of hydrogen-bond donors (Lipinski definition) is 0. The lowest BCUT2D eigenvalue weighted by molar-refractivity contribution is -0.145. The third kappa shape index (κ3) is 6.00. The minimum Gasteiger partial charge on any atom is -0.490 e. The summed E-state index contributed by atoms with van der Waals surface area (Å²) in [5.41, 5.74) is 1.02. The Morgan fingerprint density at radius 1 is 1.09 bits per heavy atom. The van der Waals surface area contributed by atoms with Gasteiger partial charge in [0.2, 0.25) is 0 Å². The van der Waals surface area contributed by atoms with Crippen molar-refractivity contribution in [1.29, 1.82) is 0 Å². The SMILES string of the molecule is CCOC(=O)COc1cc(Br)c(C=Nn2c(CC)nc3ccc(Br)cc3c2=O)cc1OCC. The van der Waals surface area contributed by atoms with Crippen LogP contribution in [0.15, 0.2) is 49.2 Å².